The van der Waals surface area contributed by atoms with Gasteiger partial charge in [-0.15, -0.1) is 0 Å². The van der Waals surface area contributed by atoms with Gasteiger partial charge in [0.15, 0.2) is 0 Å². The van der Waals surface area contributed by atoms with Gasteiger partial charge >= 0.3 is 0 Å². The Labute approximate surface area is 296 Å². The number of amides is 4. The summed E-state index contributed by atoms with van der Waals surface area (Å²) < 4.78 is 0. The second-order valence-corrected chi connectivity index (χ2v) is 15.5. The maximum atomic E-state index is 13.9. The van der Waals surface area contributed by atoms with Gasteiger partial charge in [-0.1, -0.05) is 109 Å². The minimum Gasteiger partial charge on any atom is -0.356 e. The van der Waals surface area contributed by atoms with Gasteiger partial charge in [0, 0.05) is 39.0 Å². The van der Waals surface area contributed by atoms with Gasteiger partial charge in [0.2, 0.25) is 23.6 Å². The molecule has 0 saturated heterocycles. The lowest BCUT2D eigenvalue weighted by atomic mass is 9.84. The highest BCUT2D eigenvalue weighted by Crippen LogP contribution is 2.24. The number of carbonyl (C=O) groups is 4. The van der Waals surface area contributed by atoms with Crippen molar-refractivity contribution in [1.29, 1.82) is 0 Å². The number of rotatable bonds is 27. The fourth-order valence-electron chi connectivity index (χ4n) is 6.11. The van der Waals surface area contributed by atoms with E-state index in [0.717, 1.165) is 51.4 Å². The monoisotopic (exact) mass is 679 g/mol. The molecule has 0 aliphatic carbocycles. The van der Waals surface area contributed by atoms with Crippen LogP contribution in [0.3, 0.4) is 0 Å². The van der Waals surface area contributed by atoms with E-state index in [9.17, 15) is 19.2 Å². The van der Waals surface area contributed by atoms with Crippen LogP contribution in [0.1, 0.15) is 147 Å². The minimum absolute atomic E-state index is 0.135. The van der Waals surface area contributed by atoms with Gasteiger partial charge in [-0.25, -0.2) is 0 Å². The molecule has 0 spiro atoms. The van der Waals surface area contributed by atoms with Crippen LogP contribution in [0.25, 0.3) is 0 Å². The molecule has 8 nitrogen and oxygen atoms in total. The summed E-state index contributed by atoms with van der Waals surface area (Å²) >= 11 is 0. The number of hydrogen-bond donors (Lipinski definition) is 4. The summed E-state index contributed by atoms with van der Waals surface area (Å²) in [7, 11) is 0. The molecular weight excluding hydrogens is 600 g/mol. The zero-order valence-electron chi connectivity index (χ0n) is 33.3. The molecule has 0 aromatic heterocycles. The zero-order valence-corrected chi connectivity index (χ0v) is 33.3. The molecule has 0 heterocycles. The van der Waals surface area contributed by atoms with Crippen LogP contribution in [0.15, 0.2) is 0 Å². The van der Waals surface area contributed by atoms with E-state index in [-0.39, 0.29) is 36.5 Å². The average molecular weight is 679 g/mol. The number of hydrogen-bond acceptors (Lipinski definition) is 4. The van der Waals surface area contributed by atoms with Crippen molar-refractivity contribution in [2.75, 3.05) is 26.2 Å². The summed E-state index contributed by atoms with van der Waals surface area (Å²) in [5.74, 6) is 0.878. The van der Waals surface area contributed by atoms with Gasteiger partial charge in [0.05, 0.1) is 11.8 Å². The normalized spacial score (nSPS) is 17.8. The standard InChI is InChI=1S/C40H78N4O4/c1-13-27(5)31(9)17-21-41-37(45)25-35(39(47)43-23-19-33(11)29(7)15-3)36(40(48)44-24-20-34(12)30(8)16-4)26-38(46)42-22-18-32(10)28(6)14-2/h27-36H,13-26H2,1-12H3,(H,41,45)(H,42,46)(H,43,47)(H,44,48). The maximum absolute atomic E-state index is 13.9. The molecule has 0 saturated carbocycles. The first-order valence-electron chi connectivity index (χ1n) is 19.7. The molecule has 0 bridgehead atoms. The lowest BCUT2D eigenvalue weighted by Crippen LogP contribution is -2.47. The summed E-state index contributed by atoms with van der Waals surface area (Å²) in [4.78, 5) is 54.4. The summed E-state index contributed by atoms with van der Waals surface area (Å²) in [5, 5.41) is 12.1. The smallest absolute Gasteiger partial charge is 0.224 e. The van der Waals surface area contributed by atoms with E-state index in [0.29, 0.717) is 73.5 Å². The second kappa shape index (κ2) is 25.8. The number of carbonyl (C=O) groups excluding carboxylic acids is 4. The highest BCUT2D eigenvalue weighted by Gasteiger charge is 2.37. The minimum atomic E-state index is -0.951. The van der Waals surface area contributed by atoms with Crippen molar-refractivity contribution in [2.45, 2.75) is 147 Å². The van der Waals surface area contributed by atoms with E-state index >= 15 is 0 Å². The van der Waals surface area contributed by atoms with Crippen LogP contribution in [-0.4, -0.2) is 49.8 Å². The molecule has 10 atom stereocenters. The lowest BCUT2D eigenvalue weighted by Gasteiger charge is -2.27. The van der Waals surface area contributed by atoms with E-state index in [1.807, 2.05) is 0 Å². The Morgan fingerprint density at radius 1 is 0.375 bits per heavy atom. The fourth-order valence-corrected chi connectivity index (χ4v) is 6.11. The van der Waals surface area contributed by atoms with Crippen molar-refractivity contribution >= 4 is 23.6 Å². The third-order valence-corrected chi connectivity index (χ3v) is 12.1. The van der Waals surface area contributed by atoms with Crippen LogP contribution in [-0.2, 0) is 19.2 Å². The molecule has 48 heavy (non-hydrogen) atoms. The molecule has 0 fully saturated rings. The second-order valence-electron chi connectivity index (χ2n) is 15.5. The highest BCUT2D eigenvalue weighted by molar-refractivity contribution is 5.93. The first kappa shape index (κ1) is 45.9. The quantitative estimate of drug-likeness (QED) is 0.0711. The summed E-state index contributed by atoms with van der Waals surface area (Å²) in [6.45, 7) is 28.3. The van der Waals surface area contributed by atoms with Gasteiger partial charge < -0.3 is 21.3 Å². The Morgan fingerprint density at radius 2 is 0.604 bits per heavy atom. The first-order chi connectivity index (χ1) is 22.6. The molecule has 10 unspecified atom stereocenters. The van der Waals surface area contributed by atoms with Crippen molar-refractivity contribution in [3.05, 3.63) is 0 Å². The predicted octanol–water partition coefficient (Wildman–Crippen LogP) is 7.75. The van der Waals surface area contributed by atoms with Crippen molar-refractivity contribution in [3.63, 3.8) is 0 Å². The highest BCUT2D eigenvalue weighted by atomic mass is 16.2. The molecule has 0 rings (SSSR count). The van der Waals surface area contributed by atoms with E-state index in [4.69, 9.17) is 0 Å². The van der Waals surface area contributed by atoms with E-state index in [1.54, 1.807) is 0 Å². The summed E-state index contributed by atoms with van der Waals surface area (Å²) in [5.41, 5.74) is 0. The molecule has 4 amide bonds. The Bertz CT molecular complexity index is 840. The van der Waals surface area contributed by atoms with E-state index < -0.39 is 11.8 Å². The largest absolute Gasteiger partial charge is 0.356 e. The van der Waals surface area contributed by atoms with Crippen LogP contribution < -0.4 is 21.3 Å². The summed E-state index contributed by atoms with van der Waals surface area (Å²) in [6.07, 6.45) is 7.35. The van der Waals surface area contributed by atoms with Gasteiger partial charge in [-0.05, 0) is 73.0 Å². The molecule has 0 radical (unpaired) electrons. The van der Waals surface area contributed by atoms with Gasteiger partial charge in [-0.3, -0.25) is 19.2 Å². The van der Waals surface area contributed by atoms with Crippen molar-refractivity contribution in [3.8, 4) is 0 Å². The predicted molar refractivity (Wildman–Crippen MR) is 201 cm³/mol. The first-order valence-corrected chi connectivity index (χ1v) is 19.7. The van der Waals surface area contributed by atoms with E-state index in [2.05, 4.69) is 104 Å². The van der Waals surface area contributed by atoms with Crippen LogP contribution in [0.4, 0.5) is 0 Å². The lowest BCUT2D eigenvalue weighted by molar-refractivity contribution is -0.140. The Hall–Kier alpha value is -2.12. The third kappa shape index (κ3) is 18.6. The van der Waals surface area contributed by atoms with Crippen molar-refractivity contribution in [2.24, 2.45) is 59.2 Å². The molecule has 0 aliphatic rings. The van der Waals surface area contributed by atoms with Gasteiger partial charge in [-0.2, -0.15) is 0 Å². The van der Waals surface area contributed by atoms with Gasteiger partial charge in [0.25, 0.3) is 0 Å². The van der Waals surface area contributed by atoms with Crippen LogP contribution in [0, 0.1) is 59.2 Å². The average Bonchev–Trinajstić information content (AvgIpc) is 3.07. The van der Waals surface area contributed by atoms with Crippen LogP contribution >= 0.6 is 0 Å². The third-order valence-electron chi connectivity index (χ3n) is 12.1. The summed E-state index contributed by atoms with van der Waals surface area (Å²) in [6, 6.07) is 0. The topological polar surface area (TPSA) is 116 Å². The molecule has 282 valence electrons. The SMILES string of the molecule is CCC(C)C(C)CCNC(=O)CC(C(=O)NCCC(C)C(C)CC)C(CC(=O)NCCC(C)C(C)CC)C(=O)NCCC(C)C(C)CC. The molecule has 4 N–H and O–H groups in total. The van der Waals surface area contributed by atoms with Gasteiger partial charge in [0.1, 0.15) is 0 Å². The van der Waals surface area contributed by atoms with Crippen LogP contribution in [0.2, 0.25) is 0 Å². The maximum Gasteiger partial charge on any atom is 0.224 e. The molecule has 0 aliphatic heterocycles. The Kier molecular flexibility index (Phi) is 24.7. The number of nitrogens with one attached hydrogen (secondary N) is 4. The van der Waals surface area contributed by atoms with E-state index in [1.165, 1.54) is 0 Å². The van der Waals surface area contributed by atoms with Crippen LogP contribution in [0.5, 0.6) is 0 Å². The fraction of sp³-hybridized carbons (Fsp3) is 0.900. The molecule has 0 aromatic carbocycles. The molecule has 0 aromatic rings. The zero-order chi connectivity index (χ0) is 36.8. The Morgan fingerprint density at radius 3 is 0.833 bits per heavy atom. The van der Waals surface area contributed by atoms with Crippen molar-refractivity contribution < 1.29 is 19.2 Å². The molecular formula is C40H78N4O4. The Balaban J connectivity index is 6.02. The molecule has 8 heteroatoms. The van der Waals surface area contributed by atoms with Crippen molar-refractivity contribution in [1.82, 2.24) is 21.3 Å².